The maximum atomic E-state index is 5.81. The normalized spacial score (nSPS) is 31.1. The smallest absolute Gasteiger partial charge is 0.0658 e. The van der Waals surface area contributed by atoms with Crippen LogP contribution < -0.4 is 5.32 Å². The lowest BCUT2D eigenvalue weighted by atomic mass is 9.61. The van der Waals surface area contributed by atoms with Gasteiger partial charge in [-0.1, -0.05) is 19.9 Å². The van der Waals surface area contributed by atoms with Crippen LogP contribution in [0.5, 0.6) is 0 Å². The van der Waals surface area contributed by atoms with E-state index in [0.717, 1.165) is 26.0 Å². The third-order valence-electron chi connectivity index (χ3n) is 4.39. The van der Waals surface area contributed by atoms with E-state index >= 15 is 0 Å². The average molecular weight is 248 g/mol. The third kappa shape index (κ3) is 2.57. The Morgan fingerprint density at radius 3 is 2.94 bits per heavy atom. The molecule has 18 heavy (non-hydrogen) atoms. The highest BCUT2D eigenvalue weighted by Gasteiger charge is 2.50. The van der Waals surface area contributed by atoms with Gasteiger partial charge in [-0.25, -0.2) is 0 Å². The second-order valence-corrected chi connectivity index (χ2v) is 5.33. The number of rotatable bonds is 6. The Balaban J connectivity index is 1.88. The summed E-state index contributed by atoms with van der Waals surface area (Å²) in [6.45, 7) is 8.37. The van der Waals surface area contributed by atoms with E-state index in [0.29, 0.717) is 12.1 Å². The second kappa shape index (κ2) is 5.81. The molecule has 3 atom stereocenters. The van der Waals surface area contributed by atoms with Gasteiger partial charge in [0.1, 0.15) is 0 Å². The van der Waals surface area contributed by atoms with Crippen molar-refractivity contribution in [2.24, 2.45) is 5.41 Å². The van der Waals surface area contributed by atoms with E-state index in [4.69, 9.17) is 4.74 Å². The zero-order valence-electron chi connectivity index (χ0n) is 11.6. The molecule has 1 N–H and O–H groups in total. The standard InChI is InChI=1S/C15H24N2O/c1-4-15(3)13(9-14(15)18-5-2)17-11-12-7-6-8-16-10-12/h6-8,10,13-14,17H,4-5,9,11H2,1-3H3. The van der Waals surface area contributed by atoms with Gasteiger partial charge in [0.2, 0.25) is 0 Å². The fourth-order valence-corrected chi connectivity index (χ4v) is 2.81. The Morgan fingerprint density at radius 1 is 1.50 bits per heavy atom. The number of aromatic nitrogens is 1. The van der Waals surface area contributed by atoms with Crippen molar-refractivity contribution in [1.82, 2.24) is 10.3 Å². The molecule has 1 heterocycles. The third-order valence-corrected chi connectivity index (χ3v) is 4.39. The van der Waals surface area contributed by atoms with E-state index in [-0.39, 0.29) is 5.41 Å². The van der Waals surface area contributed by atoms with Gasteiger partial charge in [-0.2, -0.15) is 0 Å². The molecule has 1 aromatic rings. The van der Waals surface area contributed by atoms with Gasteiger partial charge in [0, 0.05) is 37.0 Å². The van der Waals surface area contributed by atoms with Gasteiger partial charge in [-0.05, 0) is 31.4 Å². The van der Waals surface area contributed by atoms with Crippen LogP contribution in [-0.4, -0.2) is 23.7 Å². The fourth-order valence-electron chi connectivity index (χ4n) is 2.81. The van der Waals surface area contributed by atoms with Gasteiger partial charge in [-0.15, -0.1) is 0 Å². The number of ether oxygens (including phenoxy) is 1. The Morgan fingerprint density at radius 2 is 2.33 bits per heavy atom. The first-order valence-corrected chi connectivity index (χ1v) is 6.94. The molecule has 0 bridgehead atoms. The predicted molar refractivity (Wildman–Crippen MR) is 73.3 cm³/mol. The molecule has 1 fully saturated rings. The minimum absolute atomic E-state index is 0.276. The molecule has 1 saturated carbocycles. The summed E-state index contributed by atoms with van der Waals surface area (Å²) in [7, 11) is 0. The first-order valence-electron chi connectivity index (χ1n) is 6.94. The Labute approximate surface area is 110 Å². The summed E-state index contributed by atoms with van der Waals surface area (Å²) in [5.41, 5.74) is 1.52. The van der Waals surface area contributed by atoms with Gasteiger partial charge >= 0.3 is 0 Å². The second-order valence-electron chi connectivity index (χ2n) is 5.33. The molecule has 1 aliphatic rings. The zero-order valence-corrected chi connectivity index (χ0v) is 11.6. The van der Waals surface area contributed by atoms with Crippen molar-refractivity contribution < 1.29 is 4.74 Å². The van der Waals surface area contributed by atoms with Crippen LogP contribution in [0.15, 0.2) is 24.5 Å². The predicted octanol–water partition coefficient (Wildman–Crippen LogP) is 2.76. The lowest BCUT2D eigenvalue weighted by molar-refractivity contribution is -0.126. The summed E-state index contributed by atoms with van der Waals surface area (Å²) in [5, 5.41) is 3.65. The van der Waals surface area contributed by atoms with Crippen LogP contribution in [0.25, 0.3) is 0 Å². The van der Waals surface area contributed by atoms with Crippen LogP contribution in [0, 0.1) is 5.41 Å². The van der Waals surface area contributed by atoms with Gasteiger partial charge in [0.15, 0.2) is 0 Å². The molecular weight excluding hydrogens is 224 g/mol. The largest absolute Gasteiger partial charge is 0.378 e. The molecule has 0 aromatic carbocycles. The van der Waals surface area contributed by atoms with E-state index in [1.165, 1.54) is 5.56 Å². The SMILES string of the molecule is CCOC1CC(NCc2cccnc2)C1(C)CC. The molecule has 0 saturated heterocycles. The summed E-state index contributed by atoms with van der Waals surface area (Å²) < 4.78 is 5.81. The van der Waals surface area contributed by atoms with E-state index in [1.807, 2.05) is 18.5 Å². The van der Waals surface area contributed by atoms with Crippen molar-refractivity contribution in [3.63, 3.8) is 0 Å². The molecule has 3 heteroatoms. The quantitative estimate of drug-likeness (QED) is 0.840. The summed E-state index contributed by atoms with van der Waals surface area (Å²) in [5.74, 6) is 0. The monoisotopic (exact) mass is 248 g/mol. The average Bonchev–Trinajstić information content (AvgIpc) is 2.42. The first kappa shape index (κ1) is 13.5. The molecule has 0 aliphatic heterocycles. The molecule has 1 aromatic heterocycles. The number of nitrogens with zero attached hydrogens (tertiary/aromatic N) is 1. The number of pyridine rings is 1. The number of nitrogens with one attached hydrogen (secondary N) is 1. The first-order chi connectivity index (χ1) is 8.70. The summed E-state index contributed by atoms with van der Waals surface area (Å²) in [6.07, 6.45) is 6.43. The van der Waals surface area contributed by atoms with Gasteiger partial charge in [0.25, 0.3) is 0 Å². The lowest BCUT2D eigenvalue weighted by Crippen LogP contribution is -2.61. The van der Waals surface area contributed by atoms with Crippen LogP contribution in [-0.2, 0) is 11.3 Å². The van der Waals surface area contributed by atoms with Crippen LogP contribution in [0.3, 0.4) is 0 Å². The Bertz CT molecular complexity index is 368. The van der Waals surface area contributed by atoms with E-state index in [2.05, 4.69) is 37.1 Å². The molecule has 0 spiro atoms. The van der Waals surface area contributed by atoms with Crippen molar-refractivity contribution in [2.45, 2.75) is 52.3 Å². The molecule has 1 aliphatic carbocycles. The van der Waals surface area contributed by atoms with Gasteiger partial charge < -0.3 is 10.1 Å². The van der Waals surface area contributed by atoms with E-state index in [9.17, 15) is 0 Å². The van der Waals surface area contributed by atoms with Crippen LogP contribution in [0.4, 0.5) is 0 Å². The maximum Gasteiger partial charge on any atom is 0.0658 e. The minimum atomic E-state index is 0.276. The molecule has 0 radical (unpaired) electrons. The van der Waals surface area contributed by atoms with E-state index < -0.39 is 0 Å². The summed E-state index contributed by atoms with van der Waals surface area (Å²) in [6, 6.07) is 4.65. The van der Waals surface area contributed by atoms with Crippen LogP contribution in [0.2, 0.25) is 0 Å². The number of hydrogen-bond donors (Lipinski definition) is 1. The molecular formula is C15H24N2O. The van der Waals surface area contributed by atoms with Crippen molar-refractivity contribution >= 4 is 0 Å². The maximum absolute atomic E-state index is 5.81. The van der Waals surface area contributed by atoms with Gasteiger partial charge in [0.05, 0.1) is 6.10 Å². The minimum Gasteiger partial charge on any atom is -0.378 e. The van der Waals surface area contributed by atoms with Crippen molar-refractivity contribution in [1.29, 1.82) is 0 Å². The topological polar surface area (TPSA) is 34.1 Å². The summed E-state index contributed by atoms with van der Waals surface area (Å²) in [4.78, 5) is 4.14. The highest BCUT2D eigenvalue weighted by molar-refractivity contribution is 5.10. The highest BCUT2D eigenvalue weighted by atomic mass is 16.5. The van der Waals surface area contributed by atoms with Crippen LogP contribution >= 0.6 is 0 Å². The molecule has 2 rings (SSSR count). The molecule has 3 nitrogen and oxygen atoms in total. The van der Waals surface area contributed by atoms with Gasteiger partial charge in [-0.3, -0.25) is 4.98 Å². The fraction of sp³-hybridized carbons (Fsp3) is 0.667. The Kier molecular flexibility index (Phi) is 4.36. The lowest BCUT2D eigenvalue weighted by Gasteiger charge is -2.53. The highest BCUT2D eigenvalue weighted by Crippen LogP contribution is 2.45. The van der Waals surface area contributed by atoms with E-state index in [1.54, 1.807) is 0 Å². The van der Waals surface area contributed by atoms with Crippen LogP contribution in [0.1, 0.15) is 39.2 Å². The molecule has 3 unspecified atom stereocenters. The molecule has 100 valence electrons. The summed E-state index contributed by atoms with van der Waals surface area (Å²) >= 11 is 0. The molecule has 0 amide bonds. The number of hydrogen-bond acceptors (Lipinski definition) is 3. The Hall–Kier alpha value is -0.930. The van der Waals surface area contributed by atoms with Crippen molar-refractivity contribution in [2.75, 3.05) is 6.61 Å². The van der Waals surface area contributed by atoms with Crippen molar-refractivity contribution in [3.05, 3.63) is 30.1 Å². The van der Waals surface area contributed by atoms with Crippen molar-refractivity contribution in [3.8, 4) is 0 Å². The zero-order chi connectivity index (χ0) is 13.0.